The summed E-state index contributed by atoms with van der Waals surface area (Å²) in [5.41, 5.74) is 5.12. The summed E-state index contributed by atoms with van der Waals surface area (Å²) in [7, 11) is -3.48. The van der Waals surface area contributed by atoms with Crippen LogP contribution in [0.4, 0.5) is 0 Å². The van der Waals surface area contributed by atoms with Gasteiger partial charge in [0.25, 0.3) is 5.91 Å². The highest BCUT2D eigenvalue weighted by molar-refractivity contribution is 7.89. The molecule has 1 unspecified atom stereocenters. The summed E-state index contributed by atoms with van der Waals surface area (Å²) in [5.74, 6) is 0.669. The van der Waals surface area contributed by atoms with Crippen LogP contribution in [0.15, 0.2) is 77.7 Å². The third-order valence-electron chi connectivity index (χ3n) is 8.18. The third-order valence-corrected chi connectivity index (χ3v) is 10.1. The summed E-state index contributed by atoms with van der Waals surface area (Å²) in [5, 5.41) is 3.09. The number of nitrogens with zero attached hydrogens (tertiary/aromatic N) is 3. The van der Waals surface area contributed by atoms with Gasteiger partial charge in [0.15, 0.2) is 0 Å². The fourth-order valence-corrected chi connectivity index (χ4v) is 7.29. The summed E-state index contributed by atoms with van der Waals surface area (Å²) in [4.78, 5) is 18.1. The molecule has 0 radical (unpaired) electrons. The maximum atomic E-state index is 13.0. The Hall–Kier alpha value is -3.04. The van der Waals surface area contributed by atoms with Gasteiger partial charge in [-0.05, 0) is 73.2 Å². The van der Waals surface area contributed by atoms with E-state index >= 15 is 0 Å². The summed E-state index contributed by atoms with van der Waals surface area (Å²) in [6.45, 7) is 10.9. The Balaban J connectivity index is 1.12. The first-order chi connectivity index (χ1) is 19.8. The highest BCUT2D eigenvalue weighted by atomic mass is 32.2. The smallest absolute Gasteiger partial charge is 0.251 e. The van der Waals surface area contributed by atoms with E-state index in [-0.39, 0.29) is 5.91 Å². The van der Waals surface area contributed by atoms with E-state index in [1.807, 2.05) is 43.3 Å². The standard InChI is InChI=1S/C33H42N4O3S/c1-26-11-13-32(14-12-26)41(39,40)37-18-16-35(17-19-37)24-30-9-4-10-31(21-30)33(38)34-22-28-7-3-8-29(20-28)25-36-15-5-6-27(2)23-36/h3-4,7-14,20-21,27H,5-6,15-19,22-25H2,1-2H3,(H,34,38). The summed E-state index contributed by atoms with van der Waals surface area (Å²) < 4.78 is 27.6. The Labute approximate surface area is 245 Å². The number of aryl methyl sites for hydroxylation is 1. The van der Waals surface area contributed by atoms with Gasteiger partial charge in [0.1, 0.15) is 0 Å². The van der Waals surface area contributed by atoms with Crippen molar-refractivity contribution in [3.8, 4) is 0 Å². The zero-order valence-electron chi connectivity index (χ0n) is 24.3. The van der Waals surface area contributed by atoms with E-state index in [4.69, 9.17) is 0 Å². The average Bonchev–Trinajstić information content (AvgIpc) is 2.97. The molecule has 0 saturated carbocycles. The van der Waals surface area contributed by atoms with E-state index in [9.17, 15) is 13.2 Å². The van der Waals surface area contributed by atoms with Crippen molar-refractivity contribution in [1.29, 1.82) is 0 Å². The molecule has 41 heavy (non-hydrogen) atoms. The normalized spacial score (nSPS) is 19.2. The lowest BCUT2D eigenvalue weighted by Crippen LogP contribution is -2.48. The molecule has 8 heteroatoms. The minimum Gasteiger partial charge on any atom is -0.348 e. The van der Waals surface area contributed by atoms with Crippen LogP contribution in [0.1, 0.15) is 52.4 Å². The van der Waals surface area contributed by atoms with Gasteiger partial charge in [0.2, 0.25) is 10.0 Å². The lowest BCUT2D eigenvalue weighted by molar-refractivity contribution is 0.0950. The molecular formula is C33H42N4O3S. The number of piperidine rings is 1. The van der Waals surface area contributed by atoms with Crippen molar-refractivity contribution in [2.45, 2.75) is 51.2 Å². The fourth-order valence-electron chi connectivity index (χ4n) is 5.87. The topological polar surface area (TPSA) is 73.0 Å². The number of carbonyl (C=O) groups excluding carboxylic acids is 1. The SMILES string of the molecule is Cc1ccc(S(=O)(=O)N2CCN(Cc3cccc(C(=O)NCc4cccc(CN5CCCC(C)C5)c4)c3)CC2)cc1. The third kappa shape index (κ3) is 7.83. The number of amides is 1. The maximum absolute atomic E-state index is 13.0. The lowest BCUT2D eigenvalue weighted by atomic mass is 9.99. The largest absolute Gasteiger partial charge is 0.348 e. The van der Waals surface area contributed by atoms with Gasteiger partial charge in [-0.3, -0.25) is 14.6 Å². The number of sulfonamides is 1. The number of nitrogens with one attached hydrogen (secondary N) is 1. The van der Waals surface area contributed by atoms with E-state index in [0.29, 0.717) is 49.7 Å². The first kappa shape index (κ1) is 29.5. The minimum absolute atomic E-state index is 0.0869. The lowest BCUT2D eigenvalue weighted by Gasteiger charge is -2.34. The van der Waals surface area contributed by atoms with Crippen molar-refractivity contribution in [2.75, 3.05) is 39.3 Å². The van der Waals surface area contributed by atoms with E-state index in [2.05, 4.69) is 46.3 Å². The van der Waals surface area contributed by atoms with Crippen molar-refractivity contribution >= 4 is 15.9 Å². The molecule has 2 heterocycles. The van der Waals surface area contributed by atoms with E-state index in [0.717, 1.165) is 42.2 Å². The molecule has 1 N–H and O–H groups in total. The van der Waals surface area contributed by atoms with Crippen LogP contribution in [-0.2, 0) is 29.7 Å². The molecule has 5 rings (SSSR count). The van der Waals surface area contributed by atoms with Crippen molar-refractivity contribution in [3.05, 3.63) is 101 Å². The molecule has 0 spiro atoms. The molecule has 2 aliphatic heterocycles. The van der Waals surface area contributed by atoms with Crippen LogP contribution in [0.5, 0.6) is 0 Å². The van der Waals surface area contributed by atoms with Crippen molar-refractivity contribution < 1.29 is 13.2 Å². The van der Waals surface area contributed by atoms with Gasteiger partial charge in [-0.2, -0.15) is 4.31 Å². The van der Waals surface area contributed by atoms with Crippen LogP contribution in [0.3, 0.4) is 0 Å². The van der Waals surface area contributed by atoms with Crippen molar-refractivity contribution in [1.82, 2.24) is 19.4 Å². The van der Waals surface area contributed by atoms with E-state index in [1.54, 1.807) is 16.4 Å². The molecule has 2 aliphatic rings. The average molecular weight is 575 g/mol. The molecule has 0 aromatic heterocycles. The van der Waals surface area contributed by atoms with Crippen molar-refractivity contribution in [2.24, 2.45) is 5.92 Å². The maximum Gasteiger partial charge on any atom is 0.251 e. The molecule has 3 aromatic rings. The van der Waals surface area contributed by atoms with Crippen LogP contribution in [0.25, 0.3) is 0 Å². The van der Waals surface area contributed by atoms with Gasteiger partial charge < -0.3 is 5.32 Å². The fraction of sp³-hybridized carbons (Fsp3) is 0.424. The number of piperazine rings is 1. The predicted octanol–water partition coefficient (Wildman–Crippen LogP) is 4.66. The van der Waals surface area contributed by atoms with Gasteiger partial charge in [0.05, 0.1) is 4.90 Å². The number of hydrogen-bond donors (Lipinski definition) is 1. The highest BCUT2D eigenvalue weighted by Crippen LogP contribution is 2.20. The quantitative estimate of drug-likeness (QED) is 0.403. The first-order valence-electron chi connectivity index (χ1n) is 14.7. The molecule has 1 amide bonds. The van der Waals surface area contributed by atoms with Crippen molar-refractivity contribution in [3.63, 3.8) is 0 Å². The molecule has 0 bridgehead atoms. The number of benzene rings is 3. The zero-order valence-corrected chi connectivity index (χ0v) is 25.1. The molecule has 3 aromatic carbocycles. The first-order valence-corrected chi connectivity index (χ1v) is 16.2. The molecule has 2 fully saturated rings. The second kappa shape index (κ2) is 13.3. The van der Waals surface area contributed by atoms with Gasteiger partial charge >= 0.3 is 0 Å². The second-order valence-corrected chi connectivity index (χ2v) is 13.6. The Morgan fingerprint density at radius 3 is 2.22 bits per heavy atom. The Bertz CT molecular complexity index is 1430. The highest BCUT2D eigenvalue weighted by Gasteiger charge is 2.28. The van der Waals surface area contributed by atoms with Crippen LogP contribution in [0, 0.1) is 12.8 Å². The van der Waals surface area contributed by atoms with Gasteiger partial charge in [0, 0.05) is 57.9 Å². The van der Waals surface area contributed by atoms with Crippen LogP contribution in [-0.4, -0.2) is 67.7 Å². The molecule has 1 atom stereocenters. The molecule has 7 nitrogen and oxygen atoms in total. The minimum atomic E-state index is -3.48. The van der Waals surface area contributed by atoms with Crippen LogP contribution >= 0.6 is 0 Å². The Morgan fingerprint density at radius 2 is 1.49 bits per heavy atom. The second-order valence-electron chi connectivity index (χ2n) is 11.7. The molecule has 0 aliphatic carbocycles. The number of carbonyl (C=O) groups is 1. The summed E-state index contributed by atoms with van der Waals surface area (Å²) in [6, 6.07) is 23.3. The predicted molar refractivity (Wildman–Crippen MR) is 163 cm³/mol. The zero-order chi connectivity index (χ0) is 28.8. The number of rotatable bonds is 9. The van der Waals surface area contributed by atoms with E-state index in [1.165, 1.54) is 18.4 Å². The van der Waals surface area contributed by atoms with Crippen LogP contribution < -0.4 is 5.32 Å². The Kier molecular flexibility index (Phi) is 9.55. The van der Waals surface area contributed by atoms with Gasteiger partial charge in [-0.25, -0.2) is 8.42 Å². The molecule has 218 valence electrons. The van der Waals surface area contributed by atoms with Gasteiger partial charge in [-0.15, -0.1) is 0 Å². The molecular weight excluding hydrogens is 532 g/mol. The van der Waals surface area contributed by atoms with Gasteiger partial charge in [-0.1, -0.05) is 61.0 Å². The summed E-state index contributed by atoms with van der Waals surface area (Å²) in [6.07, 6.45) is 2.58. The number of hydrogen-bond acceptors (Lipinski definition) is 5. The summed E-state index contributed by atoms with van der Waals surface area (Å²) >= 11 is 0. The number of likely N-dealkylation sites (tertiary alicyclic amines) is 1. The van der Waals surface area contributed by atoms with Crippen LogP contribution in [0.2, 0.25) is 0 Å². The van der Waals surface area contributed by atoms with E-state index < -0.39 is 10.0 Å². The monoisotopic (exact) mass is 574 g/mol. The Morgan fingerprint density at radius 1 is 0.829 bits per heavy atom. The molecule has 2 saturated heterocycles.